The summed E-state index contributed by atoms with van der Waals surface area (Å²) in [5.41, 5.74) is 1.32. The third-order valence-corrected chi connectivity index (χ3v) is 2.79. The van der Waals surface area contributed by atoms with Gasteiger partial charge in [0.2, 0.25) is 0 Å². The van der Waals surface area contributed by atoms with Crippen LogP contribution in [0.1, 0.15) is 16.1 Å². The number of amides is 1. The van der Waals surface area contributed by atoms with E-state index in [9.17, 15) is 4.79 Å². The Morgan fingerprint density at radius 1 is 1.67 bits per heavy atom. The summed E-state index contributed by atoms with van der Waals surface area (Å²) in [5, 5.41) is 2.98. The molecule has 1 amide bonds. The predicted molar refractivity (Wildman–Crippen MR) is 48.1 cm³/mol. The Bertz CT molecular complexity index is 367. The molecule has 1 aliphatic rings. The average Bonchev–Trinajstić information content (AvgIpc) is 2.35. The number of nitrogens with one attached hydrogen (secondary N) is 1. The Kier molecular flexibility index (Phi) is 1.81. The standard InChI is InChI=1S/C7H4BrClN2O/c8-4-1-3-2-10-7(12)5(3)11-6(4)9/h1H,2H2,(H,10,12). The molecule has 0 bridgehead atoms. The molecule has 1 aromatic heterocycles. The van der Waals surface area contributed by atoms with Gasteiger partial charge in [0, 0.05) is 12.1 Å². The highest BCUT2D eigenvalue weighted by atomic mass is 79.9. The minimum atomic E-state index is -0.153. The molecule has 2 heterocycles. The molecular formula is C7H4BrClN2O. The number of rotatable bonds is 0. The van der Waals surface area contributed by atoms with Crippen LogP contribution in [0.15, 0.2) is 10.5 Å². The molecule has 2 rings (SSSR count). The molecule has 3 nitrogen and oxygen atoms in total. The molecular weight excluding hydrogens is 243 g/mol. The molecule has 0 unspecified atom stereocenters. The lowest BCUT2D eigenvalue weighted by Crippen LogP contribution is -2.13. The van der Waals surface area contributed by atoms with Gasteiger partial charge in [-0.25, -0.2) is 4.98 Å². The first-order chi connectivity index (χ1) is 5.68. The number of hydrogen-bond acceptors (Lipinski definition) is 2. The Hall–Kier alpha value is -0.610. The van der Waals surface area contributed by atoms with Gasteiger partial charge in [-0.05, 0) is 22.0 Å². The van der Waals surface area contributed by atoms with Gasteiger partial charge in [0.1, 0.15) is 10.8 Å². The number of nitrogens with zero attached hydrogens (tertiary/aromatic N) is 1. The zero-order valence-electron chi connectivity index (χ0n) is 5.90. The molecule has 1 aliphatic heterocycles. The van der Waals surface area contributed by atoms with Crippen molar-refractivity contribution in [3.05, 3.63) is 26.9 Å². The third kappa shape index (κ3) is 1.11. The van der Waals surface area contributed by atoms with Gasteiger partial charge in [-0.15, -0.1) is 0 Å². The molecule has 0 atom stereocenters. The number of pyridine rings is 1. The number of carbonyl (C=O) groups is 1. The van der Waals surface area contributed by atoms with Gasteiger partial charge in [0.05, 0.1) is 4.47 Å². The van der Waals surface area contributed by atoms with Gasteiger partial charge in [0.25, 0.3) is 5.91 Å². The molecule has 0 saturated heterocycles. The zero-order chi connectivity index (χ0) is 8.72. The van der Waals surface area contributed by atoms with Crippen LogP contribution in [-0.4, -0.2) is 10.9 Å². The smallest absolute Gasteiger partial charge is 0.270 e. The van der Waals surface area contributed by atoms with Crippen LogP contribution in [0.5, 0.6) is 0 Å². The summed E-state index contributed by atoms with van der Waals surface area (Å²) in [6, 6.07) is 1.81. The highest BCUT2D eigenvalue weighted by Crippen LogP contribution is 2.25. The summed E-state index contributed by atoms with van der Waals surface area (Å²) in [4.78, 5) is 15.0. The molecule has 62 valence electrons. The normalized spacial score (nSPS) is 14.3. The highest BCUT2D eigenvalue weighted by Gasteiger charge is 2.21. The lowest BCUT2D eigenvalue weighted by molar-refractivity contribution is 0.0961. The van der Waals surface area contributed by atoms with Crippen LogP contribution in [0.3, 0.4) is 0 Å². The van der Waals surface area contributed by atoms with Crippen molar-refractivity contribution in [2.75, 3.05) is 0 Å². The van der Waals surface area contributed by atoms with E-state index >= 15 is 0 Å². The Morgan fingerprint density at radius 3 is 3.17 bits per heavy atom. The minimum absolute atomic E-state index is 0.153. The van der Waals surface area contributed by atoms with E-state index in [2.05, 4.69) is 26.2 Å². The number of aromatic nitrogens is 1. The van der Waals surface area contributed by atoms with Gasteiger partial charge >= 0.3 is 0 Å². The van der Waals surface area contributed by atoms with Crippen LogP contribution in [0.2, 0.25) is 5.15 Å². The third-order valence-electron chi connectivity index (χ3n) is 1.67. The second-order valence-electron chi connectivity index (χ2n) is 2.45. The number of halogens is 2. The molecule has 0 aromatic carbocycles. The van der Waals surface area contributed by atoms with Crippen LogP contribution in [-0.2, 0) is 6.54 Å². The minimum Gasteiger partial charge on any atom is -0.347 e. The van der Waals surface area contributed by atoms with Crippen molar-refractivity contribution in [1.82, 2.24) is 10.3 Å². The quantitative estimate of drug-likeness (QED) is 0.710. The maximum absolute atomic E-state index is 11.1. The van der Waals surface area contributed by atoms with E-state index in [1.165, 1.54) is 0 Å². The van der Waals surface area contributed by atoms with Crippen molar-refractivity contribution < 1.29 is 4.79 Å². The maximum atomic E-state index is 11.1. The van der Waals surface area contributed by atoms with Gasteiger partial charge in [0.15, 0.2) is 0 Å². The SMILES string of the molecule is O=C1NCc2cc(Br)c(Cl)nc21. The highest BCUT2D eigenvalue weighted by molar-refractivity contribution is 9.10. The van der Waals surface area contributed by atoms with Crippen LogP contribution >= 0.6 is 27.5 Å². The molecule has 0 radical (unpaired) electrons. The first-order valence-corrected chi connectivity index (χ1v) is 4.48. The fourth-order valence-corrected chi connectivity index (χ4v) is 1.60. The van der Waals surface area contributed by atoms with Crippen molar-refractivity contribution in [1.29, 1.82) is 0 Å². The van der Waals surface area contributed by atoms with Crippen molar-refractivity contribution in [2.24, 2.45) is 0 Å². The first kappa shape index (κ1) is 8.01. The second kappa shape index (κ2) is 2.71. The first-order valence-electron chi connectivity index (χ1n) is 3.31. The largest absolute Gasteiger partial charge is 0.347 e. The molecule has 0 saturated carbocycles. The average molecular weight is 247 g/mol. The molecule has 1 N–H and O–H groups in total. The second-order valence-corrected chi connectivity index (χ2v) is 3.66. The monoisotopic (exact) mass is 246 g/mol. The van der Waals surface area contributed by atoms with Gasteiger partial charge in [-0.1, -0.05) is 11.6 Å². The topological polar surface area (TPSA) is 42.0 Å². The van der Waals surface area contributed by atoms with Crippen molar-refractivity contribution >= 4 is 33.4 Å². The molecule has 0 aliphatic carbocycles. The summed E-state index contributed by atoms with van der Waals surface area (Å²) in [6.45, 7) is 0.539. The van der Waals surface area contributed by atoms with Crippen molar-refractivity contribution in [3.63, 3.8) is 0 Å². The van der Waals surface area contributed by atoms with E-state index in [-0.39, 0.29) is 5.91 Å². The molecule has 12 heavy (non-hydrogen) atoms. The molecule has 5 heteroatoms. The summed E-state index contributed by atoms with van der Waals surface area (Å²) in [7, 11) is 0. The lowest BCUT2D eigenvalue weighted by atomic mass is 10.2. The van der Waals surface area contributed by atoms with Crippen LogP contribution < -0.4 is 5.32 Å². The molecule has 1 aromatic rings. The van der Waals surface area contributed by atoms with Gasteiger partial charge in [-0.2, -0.15) is 0 Å². The van der Waals surface area contributed by atoms with E-state index in [1.807, 2.05) is 6.07 Å². The summed E-state index contributed by atoms with van der Waals surface area (Å²) >= 11 is 8.95. The summed E-state index contributed by atoms with van der Waals surface area (Å²) in [5.74, 6) is -0.153. The van der Waals surface area contributed by atoms with Crippen LogP contribution in [0.25, 0.3) is 0 Å². The van der Waals surface area contributed by atoms with E-state index in [4.69, 9.17) is 11.6 Å². The lowest BCUT2D eigenvalue weighted by Gasteiger charge is -1.97. The van der Waals surface area contributed by atoms with Gasteiger partial charge in [-0.3, -0.25) is 4.79 Å². The van der Waals surface area contributed by atoms with E-state index < -0.39 is 0 Å². The van der Waals surface area contributed by atoms with E-state index in [0.717, 1.165) is 10.0 Å². The summed E-state index contributed by atoms with van der Waals surface area (Å²) < 4.78 is 0.722. The van der Waals surface area contributed by atoms with E-state index in [1.54, 1.807) is 0 Å². The Morgan fingerprint density at radius 2 is 2.42 bits per heavy atom. The fraction of sp³-hybridized carbons (Fsp3) is 0.143. The van der Waals surface area contributed by atoms with Gasteiger partial charge < -0.3 is 5.32 Å². The van der Waals surface area contributed by atoms with Crippen molar-refractivity contribution in [2.45, 2.75) is 6.54 Å². The van der Waals surface area contributed by atoms with E-state index in [0.29, 0.717) is 17.4 Å². The number of hydrogen-bond donors (Lipinski definition) is 1. The van der Waals surface area contributed by atoms with Crippen LogP contribution in [0.4, 0.5) is 0 Å². The Labute approximate surface area is 82.3 Å². The molecule has 0 spiro atoms. The maximum Gasteiger partial charge on any atom is 0.270 e. The van der Waals surface area contributed by atoms with Crippen molar-refractivity contribution in [3.8, 4) is 0 Å². The summed E-state index contributed by atoms with van der Waals surface area (Å²) in [6.07, 6.45) is 0. The predicted octanol–water partition coefficient (Wildman–Crippen LogP) is 1.74. The Balaban J connectivity index is 2.63. The molecule has 0 fully saturated rings. The number of fused-ring (bicyclic) bond motifs is 1. The zero-order valence-corrected chi connectivity index (χ0v) is 8.24. The number of carbonyl (C=O) groups excluding carboxylic acids is 1. The van der Waals surface area contributed by atoms with Crippen LogP contribution in [0, 0.1) is 0 Å². The fourth-order valence-electron chi connectivity index (χ4n) is 1.09.